The van der Waals surface area contributed by atoms with E-state index in [1.807, 2.05) is 6.20 Å². The zero-order valence-corrected chi connectivity index (χ0v) is 13.4. The summed E-state index contributed by atoms with van der Waals surface area (Å²) in [5.41, 5.74) is 9.57. The van der Waals surface area contributed by atoms with Crippen molar-refractivity contribution in [1.82, 2.24) is 14.6 Å². The quantitative estimate of drug-likeness (QED) is 0.940. The van der Waals surface area contributed by atoms with Gasteiger partial charge in [0.15, 0.2) is 0 Å². The van der Waals surface area contributed by atoms with Gasteiger partial charge in [-0.15, -0.1) is 5.10 Å². The molecule has 0 aliphatic heterocycles. The third-order valence-electron chi connectivity index (χ3n) is 3.28. The molecule has 0 saturated heterocycles. The van der Waals surface area contributed by atoms with E-state index in [1.165, 1.54) is 17.1 Å². The van der Waals surface area contributed by atoms with Gasteiger partial charge in [0.2, 0.25) is 0 Å². The molecule has 0 bridgehead atoms. The molecule has 0 aliphatic rings. The number of rotatable bonds is 4. The van der Waals surface area contributed by atoms with Crippen LogP contribution in [0.1, 0.15) is 55.6 Å². The van der Waals surface area contributed by atoms with Crippen LogP contribution in [0.4, 0.5) is 0 Å². The van der Waals surface area contributed by atoms with Crippen molar-refractivity contribution in [1.29, 1.82) is 0 Å². The smallest absolute Gasteiger partial charge is 0.0857 e. The van der Waals surface area contributed by atoms with Crippen LogP contribution >= 0.6 is 11.5 Å². The zero-order chi connectivity index (χ0) is 14.8. The second-order valence-corrected chi connectivity index (χ2v) is 6.84. The van der Waals surface area contributed by atoms with E-state index in [4.69, 9.17) is 5.73 Å². The first-order valence-electron chi connectivity index (χ1n) is 6.94. The number of aromatic nitrogens is 3. The van der Waals surface area contributed by atoms with Crippen LogP contribution in [0.25, 0.3) is 0 Å². The largest absolute Gasteiger partial charge is 0.323 e. The first-order valence-corrected chi connectivity index (χ1v) is 7.71. The highest BCUT2D eigenvalue weighted by Crippen LogP contribution is 2.30. The van der Waals surface area contributed by atoms with Crippen molar-refractivity contribution < 1.29 is 0 Å². The molecule has 1 unspecified atom stereocenters. The van der Waals surface area contributed by atoms with Crippen LogP contribution in [0, 0.1) is 0 Å². The second kappa shape index (κ2) is 5.97. The molecule has 0 aromatic carbocycles. The summed E-state index contributed by atoms with van der Waals surface area (Å²) in [6, 6.07) is 4.08. The van der Waals surface area contributed by atoms with E-state index < -0.39 is 0 Å². The number of pyridine rings is 1. The lowest BCUT2D eigenvalue weighted by Crippen LogP contribution is -2.20. The van der Waals surface area contributed by atoms with E-state index in [9.17, 15) is 0 Å². The predicted molar refractivity (Wildman–Crippen MR) is 82.9 cm³/mol. The molecule has 0 spiro atoms. The Morgan fingerprint density at radius 1 is 1.30 bits per heavy atom. The highest BCUT2D eigenvalue weighted by molar-refractivity contribution is 7.05. The molecule has 108 valence electrons. The second-order valence-electron chi connectivity index (χ2n) is 6.06. The highest BCUT2D eigenvalue weighted by atomic mass is 32.1. The number of hydrogen-bond acceptors (Lipinski definition) is 5. The lowest BCUT2D eigenvalue weighted by Gasteiger charge is -2.19. The molecule has 2 heterocycles. The van der Waals surface area contributed by atoms with Crippen molar-refractivity contribution in [2.45, 2.75) is 52.0 Å². The first kappa shape index (κ1) is 15.1. The molecule has 0 fully saturated rings. The molecule has 2 rings (SSSR count). The fraction of sp³-hybridized carbons (Fsp3) is 0.533. The van der Waals surface area contributed by atoms with Gasteiger partial charge in [0.1, 0.15) is 0 Å². The monoisotopic (exact) mass is 290 g/mol. The average Bonchev–Trinajstić information content (AvgIpc) is 2.89. The lowest BCUT2D eigenvalue weighted by atomic mass is 9.89. The van der Waals surface area contributed by atoms with Gasteiger partial charge in [0.25, 0.3) is 0 Å². The summed E-state index contributed by atoms with van der Waals surface area (Å²) in [6.45, 7) is 8.53. The molecule has 1 atom stereocenters. The van der Waals surface area contributed by atoms with E-state index in [1.54, 1.807) is 0 Å². The normalized spacial score (nSPS) is 13.4. The van der Waals surface area contributed by atoms with Gasteiger partial charge in [-0.1, -0.05) is 38.2 Å². The summed E-state index contributed by atoms with van der Waals surface area (Å²) >= 11 is 1.40. The molecule has 2 aromatic rings. The average molecular weight is 290 g/mol. The Morgan fingerprint density at radius 2 is 2.05 bits per heavy atom. The van der Waals surface area contributed by atoms with Gasteiger partial charge < -0.3 is 5.73 Å². The Kier molecular flexibility index (Phi) is 4.50. The predicted octanol–water partition coefficient (Wildman–Crippen LogP) is 3.04. The molecule has 5 heteroatoms. The van der Waals surface area contributed by atoms with Gasteiger partial charge in [-0.25, -0.2) is 0 Å². The number of hydrogen-bond donors (Lipinski definition) is 1. The Balaban J connectivity index is 2.15. The lowest BCUT2D eigenvalue weighted by molar-refractivity contribution is 0.549. The molecule has 0 saturated carbocycles. The van der Waals surface area contributed by atoms with E-state index in [0.29, 0.717) is 0 Å². The Hall–Kier alpha value is -1.33. The van der Waals surface area contributed by atoms with Crippen LogP contribution < -0.4 is 5.73 Å². The van der Waals surface area contributed by atoms with E-state index in [-0.39, 0.29) is 11.5 Å². The van der Waals surface area contributed by atoms with Gasteiger partial charge in [0.05, 0.1) is 10.6 Å². The molecule has 0 aliphatic carbocycles. The maximum absolute atomic E-state index is 6.33. The van der Waals surface area contributed by atoms with Crippen LogP contribution in [0.15, 0.2) is 18.3 Å². The van der Waals surface area contributed by atoms with Crippen molar-refractivity contribution in [3.63, 3.8) is 0 Å². The Labute approximate surface area is 124 Å². The Bertz CT molecular complexity index is 554. The third kappa shape index (κ3) is 3.41. The van der Waals surface area contributed by atoms with Gasteiger partial charge >= 0.3 is 0 Å². The maximum atomic E-state index is 6.33. The summed E-state index contributed by atoms with van der Waals surface area (Å²) in [5.74, 6) is 0. The standard InChI is InChI=1S/C15H22N4S/c1-5-10-6-7-11(17-9-10)8-12(16)13-14(15(2,3)4)18-19-20-13/h6-7,9,12H,5,8,16H2,1-4H3. The van der Waals surface area contributed by atoms with Crippen LogP contribution in [-0.4, -0.2) is 14.6 Å². The molecule has 2 N–H and O–H groups in total. The first-order chi connectivity index (χ1) is 9.41. The summed E-state index contributed by atoms with van der Waals surface area (Å²) in [7, 11) is 0. The van der Waals surface area contributed by atoms with Crippen LogP contribution in [0.5, 0.6) is 0 Å². The van der Waals surface area contributed by atoms with E-state index in [0.717, 1.165) is 29.1 Å². The molecule has 0 amide bonds. The minimum Gasteiger partial charge on any atom is -0.323 e. The number of aryl methyl sites for hydroxylation is 1. The Morgan fingerprint density at radius 3 is 2.60 bits per heavy atom. The summed E-state index contributed by atoms with van der Waals surface area (Å²) in [5, 5.41) is 4.25. The summed E-state index contributed by atoms with van der Waals surface area (Å²) in [4.78, 5) is 5.54. The number of nitrogens with zero attached hydrogens (tertiary/aromatic N) is 3. The summed E-state index contributed by atoms with van der Waals surface area (Å²) in [6.07, 6.45) is 3.65. The third-order valence-corrected chi connectivity index (χ3v) is 4.14. The van der Waals surface area contributed by atoms with Crippen molar-refractivity contribution >= 4 is 11.5 Å². The topological polar surface area (TPSA) is 64.7 Å². The van der Waals surface area contributed by atoms with Crippen LogP contribution in [-0.2, 0) is 18.3 Å². The van der Waals surface area contributed by atoms with Crippen LogP contribution in [0.2, 0.25) is 0 Å². The van der Waals surface area contributed by atoms with E-state index >= 15 is 0 Å². The van der Waals surface area contributed by atoms with Crippen molar-refractivity contribution in [3.05, 3.63) is 40.2 Å². The molecule has 2 aromatic heterocycles. The fourth-order valence-corrected chi connectivity index (χ4v) is 2.93. The SMILES string of the molecule is CCc1ccc(CC(N)c2snnc2C(C)(C)C)nc1. The van der Waals surface area contributed by atoms with Crippen molar-refractivity contribution in [2.24, 2.45) is 5.73 Å². The summed E-state index contributed by atoms with van der Waals surface area (Å²) < 4.78 is 4.07. The van der Waals surface area contributed by atoms with Crippen molar-refractivity contribution in [3.8, 4) is 0 Å². The maximum Gasteiger partial charge on any atom is 0.0857 e. The molecule has 0 radical (unpaired) electrons. The molecule has 20 heavy (non-hydrogen) atoms. The minimum absolute atomic E-state index is 0.0283. The molecule has 4 nitrogen and oxygen atoms in total. The number of nitrogens with two attached hydrogens (primary N) is 1. The molecular weight excluding hydrogens is 268 g/mol. The highest BCUT2D eigenvalue weighted by Gasteiger charge is 2.25. The van der Waals surface area contributed by atoms with E-state index in [2.05, 4.69) is 54.4 Å². The molecular formula is C15H22N4S. The van der Waals surface area contributed by atoms with Crippen LogP contribution in [0.3, 0.4) is 0 Å². The van der Waals surface area contributed by atoms with Crippen molar-refractivity contribution in [2.75, 3.05) is 0 Å². The zero-order valence-electron chi connectivity index (χ0n) is 12.6. The van der Waals surface area contributed by atoms with Gasteiger partial charge in [-0.2, -0.15) is 0 Å². The minimum atomic E-state index is -0.0933. The van der Waals surface area contributed by atoms with Gasteiger partial charge in [-0.05, 0) is 29.6 Å². The fourth-order valence-electron chi connectivity index (χ4n) is 2.06. The van der Waals surface area contributed by atoms with Gasteiger partial charge in [0, 0.05) is 29.8 Å². The van der Waals surface area contributed by atoms with Gasteiger partial charge in [-0.3, -0.25) is 4.98 Å².